The largest absolute Gasteiger partial charge is 0.510 e. The number of hydrogen-bond acceptors (Lipinski definition) is 14. The maximum Gasteiger partial charge on any atom is 0.510 e. The SMILES string of the molecule is CCOC(=O)OCOP(=O)(O)COC[C@H]1O[C@@H](n2cnc3c(N[C@H]4CCOC4)nc(Cl)nc32)[C@H](O)[C@@H]1O. The number of aliphatic hydroxyl groups is 2. The lowest BCUT2D eigenvalue weighted by Gasteiger charge is -2.17. The molecule has 0 aliphatic carbocycles. The highest BCUT2D eigenvalue weighted by atomic mass is 35.5. The Morgan fingerprint density at radius 2 is 2.14 bits per heavy atom. The molecule has 0 spiro atoms. The van der Waals surface area contributed by atoms with Gasteiger partial charge in [-0.25, -0.2) is 9.78 Å². The Hall–Kier alpha value is -2.14. The fraction of sp³-hybridized carbons (Fsp3) is 0.684. The van der Waals surface area contributed by atoms with Crippen LogP contribution in [0.1, 0.15) is 19.6 Å². The minimum atomic E-state index is -4.30. The number of carbonyl (C=O) groups is 1. The van der Waals surface area contributed by atoms with E-state index in [0.29, 0.717) is 24.5 Å². The monoisotopic (exact) mass is 567 g/mol. The molecule has 1 unspecified atom stereocenters. The number of aliphatic hydroxyl groups excluding tert-OH is 2. The van der Waals surface area contributed by atoms with Crippen LogP contribution in [0.3, 0.4) is 0 Å². The van der Waals surface area contributed by atoms with Gasteiger partial charge in [-0.2, -0.15) is 9.97 Å². The lowest BCUT2D eigenvalue weighted by atomic mass is 10.1. The number of aromatic nitrogens is 4. The summed E-state index contributed by atoms with van der Waals surface area (Å²) in [5.41, 5.74) is 0.638. The summed E-state index contributed by atoms with van der Waals surface area (Å²) >= 11 is 6.12. The van der Waals surface area contributed by atoms with Crippen LogP contribution in [0.2, 0.25) is 5.28 Å². The Kier molecular flexibility index (Phi) is 9.15. The van der Waals surface area contributed by atoms with Crippen molar-refractivity contribution in [2.75, 3.05) is 44.9 Å². The predicted molar refractivity (Wildman–Crippen MR) is 124 cm³/mol. The number of nitrogens with one attached hydrogen (secondary N) is 1. The van der Waals surface area contributed by atoms with Crippen molar-refractivity contribution in [2.45, 2.75) is 43.9 Å². The van der Waals surface area contributed by atoms with Crippen molar-refractivity contribution in [1.29, 1.82) is 0 Å². The van der Waals surface area contributed by atoms with Gasteiger partial charge in [-0.1, -0.05) is 0 Å². The molecule has 4 N–H and O–H groups in total. The van der Waals surface area contributed by atoms with E-state index in [9.17, 15) is 24.5 Å². The molecule has 16 nitrogen and oxygen atoms in total. The van der Waals surface area contributed by atoms with Crippen molar-refractivity contribution in [2.24, 2.45) is 0 Å². The van der Waals surface area contributed by atoms with Crippen molar-refractivity contribution in [3.8, 4) is 0 Å². The van der Waals surface area contributed by atoms with Crippen LogP contribution in [-0.2, 0) is 32.8 Å². The van der Waals surface area contributed by atoms with Gasteiger partial charge < -0.3 is 44.1 Å². The molecule has 2 aromatic heterocycles. The van der Waals surface area contributed by atoms with Crippen LogP contribution in [0, 0.1) is 0 Å². The Morgan fingerprint density at radius 1 is 1.32 bits per heavy atom. The number of nitrogens with zero attached hydrogens (tertiary/aromatic N) is 4. The summed E-state index contributed by atoms with van der Waals surface area (Å²) in [5.74, 6) is 0.391. The summed E-state index contributed by atoms with van der Waals surface area (Å²) in [7, 11) is -4.30. The fourth-order valence-corrected chi connectivity index (χ4v) is 4.55. The van der Waals surface area contributed by atoms with Gasteiger partial charge in [0.15, 0.2) is 23.2 Å². The number of halogens is 1. The molecule has 6 atom stereocenters. The first-order chi connectivity index (χ1) is 17.7. The molecule has 2 aliphatic heterocycles. The first kappa shape index (κ1) is 27.9. The summed E-state index contributed by atoms with van der Waals surface area (Å²) in [6.45, 7) is 1.58. The van der Waals surface area contributed by atoms with Gasteiger partial charge in [-0.3, -0.25) is 13.7 Å². The van der Waals surface area contributed by atoms with Gasteiger partial charge in [0.25, 0.3) is 0 Å². The van der Waals surface area contributed by atoms with Crippen LogP contribution in [0.5, 0.6) is 0 Å². The van der Waals surface area contributed by atoms with Gasteiger partial charge in [-0.15, -0.1) is 0 Å². The molecule has 0 aromatic carbocycles. The third-order valence-electron chi connectivity index (χ3n) is 5.51. The highest BCUT2D eigenvalue weighted by Crippen LogP contribution is 2.42. The number of carbonyl (C=O) groups excluding carboxylic acids is 1. The van der Waals surface area contributed by atoms with E-state index in [1.165, 1.54) is 10.9 Å². The van der Waals surface area contributed by atoms with Crippen LogP contribution < -0.4 is 5.32 Å². The van der Waals surface area contributed by atoms with Crippen LogP contribution >= 0.6 is 19.2 Å². The van der Waals surface area contributed by atoms with Crippen molar-refractivity contribution < 1.29 is 52.7 Å². The van der Waals surface area contributed by atoms with Crippen molar-refractivity contribution >= 4 is 42.3 Å². The summed E-state index contributed by atoms with van der Waals surface area (Å²) in [6, 6.07) is 0.0270. The lowest BCUT2D eigenvalue weighted by Crippen LogP contribution is -2.34. The van der Waals surface area contributed by atoms with Crippen molar-refractivity contribution in [3.63, 3.8) is 0 Å². The molecule has 0 saturated carbocycles. The molecular weight excluding hydrogens is 541 g/mol. The number of rotatable bonds is 11. The second-order valence-corrected chi connectivity index (χ2v) is 10.3. The lowest BCUT2D eigenvalue weighted by molar-refractivity contribution is -0.0624. The van der Waals surface area contributed by atoms with Gasteiger partial charge in [0, 0.05) is 6.61 Å². The summed E-state index contributed by atoms with van der Waals surface area (Å²) in [4.78, 5) is 33.6. The highest BCUT2D eigenvalue weighted by molar-refractivity contribution is 7.52. The molecule has 2 saturated heterocycles. The van der Waals surface area contributed by atoms with E-state index in [-0.39, 0.29) is 30.2 Å². The molecule has 4 rings (SSSR count). The van der Waals surface area contributed by atoms with Crippen LogP contribution in [0.25, 0.3) is 11.2 Å². The topological polar surface area (TPSA) is 206 Å². The van der Waals surface area contributed by atoms with Crippen LogP contribution in [0.4, 0.5) is 10.6 Å². The Bertz CT molecular complexity index is 1130. The Labute approximate surface area is 215 Å². The van der Waals surface area contributed by atoms with E-state index in [4.69, 9.17) is 25.8 Å². The van der Waals surface area contributed by atoms with E-state index >= 15 is 0 Å². The van der Waals surface area contributed by atoms with E-state index in [2.05, 4.69) is 34.3 Å². The minimum absolute atomic E-state index is 0.0270. The van der Waals surface area contributed by atoms with E-state index in [0.717, 1.165) is 6.42 Å². The zero-order valence-corrected chi connectivity index (χ0v) is 21.3. The second-order valence-electron chi connectivity index (χ2n) is 8.13. The molecule has 2 fully saturated rings. The summed E-state index contributed by atoms with van der Waals surface area (Å²) < 4.78 is 43.3. The van der Waals surface area contributed by atoms with E-state index < -0.39 is 51.4 Å². The van der Waals surface area contributed by atoms with Crippen molar-refractivity contribution in [1.82, 2.24) is 19.5 Å². The smallest absolute Gasteiger partial charge is 0.435 e. The maximum atomic E-state index is 12.0. The van der Waals surface area contributed by atoms with Gasteiger partial charge in [-0.05, 0) is 24.9 Å². The molecule has 0 radical (unpaired) electrons. The van der Waals surface area contributed by atoms with Gasteiger partial charge in [0.1, 0.15) is 24.7 Å². The second kappa shape index (κ2) is 12.1. The van der Waals surface area contributed by atoms with Gasteiger partial charge >= 0.3 is 13.8 Å². The predicted octanol–water partition coefficient (Wildman–Crippen LogP) is 0.606. The minimum Gasteiger partial charge on any atom is -0.435 e. The molecule has 206 valence electrons. The first-order valence-corrected chi connectivity index (χ1v) is 13.4. The van der Waals surface area contributed by atoms with Crippen molar-refractivity contribution in [3.05, 3.63) is 11.6 Å². The zero-order chi connectivity index (χ0) is 26.6. The van der Waals surface area contributed by atoms with E-state index in [1.807, 2.05) is 0 Å². The van der Waals surface area contributed by atoms with Crippen LogP contribution in [-0.4, -0.2) is 105 Å². The third-order valence-corrected chi connectivity index (χ3v) is 6.69. The standard InChI is InChI=1S/C19H27ClN5O11P/c1-2-33-19(28)34-8-35-37(29,30)9-32-6-11-13(26)14(27)17(36-11)25-7-21-12-15(22-10-3-4-31-5-10)23-18(20)24-16(12)25/h7,10-11,13-14,17,26-27H,2-6,8-9H2,1H3,(H,29,30)(H,22,23,24)/t10-,11+,13+,14+,17+/m0/s1. The number of fused-ring (bicyclic) bond motifs is 1. The molecule has 2 aromatic rings. The van der Waals surface area contributed by atoms with Crippen LogP contribution in [0.15, 0.2) is 6.33 Å². The molecule has 18 heteroatoms. The van der Waals surface area contributed by atoms with Gasteiger partial charge in [0.2, 0.25) is 12.1 Å². The average molecular weight is 568 g/mol. The normalized spacial score (nSPS) is 27.3. The third kappa shape index (κ3) is 6.85. The molecule has 0 amide bonds. The number of imidazole rings is 1. The number of ether oxygens (including phenoxy) is 5. The number of hydrogen-bond donors (Lipinski definition) is 4. The molecule has 4 heterocycles. The summed E-state index contributed by atoms with van der Waals surface area (Å²) in [5, 5.41) is 24.3. The zero-order valence-electron chi connectivity index (χ0n) is 19.6. The van der Waals surface area contributed by atoms with Gasteiger partial charge in [0.05, 0.1) is 32.2 Å². The quantitative estimate of drug-likeness (QED) is 0.127. The molecular formula is C19H27ClN5O11P. The molecule has 37 heavy (non-hydrogen) atoms. The number of anilines is 1. The fourth-order valence-electron chi connectivity index (χ4n) is 3.75. The Morgan fingerprint density at radius 3 is 2.86 bits per heavy atom. The average Bonchev–Trinajstić information content (AvgIpc) is 3.56. The maximum absolute atomic E-state index is 12.0. The highest BCUT2D eigenvalue weighted by Gasteiger charge is 2.44. The Balaban J connectivity index is 1.36. The molecule has 0 bridgehead atoms. The first-order valence-electron chi connectivity index (χ1n) is 11.3. The molecule has 2 aliphatic rings. The van der Waals surface area contributed by atoms with E-state index in [1.54, 1.807) is 6.92 Å². The summed E-state index contributed by atoms with van der Waals surface area (Å²) in [6.07, 6.45) is -4.69.